The van der Waals surface area contributed by atoms with Crippen LogP contribution in [0.2, 0.25) is 0 Å². The number of aromatic hydroxyl groups is 1. The summed E-state index contributed by atoms with van der Waals surface area (Å²) in [4.78, 5) is 13.7. The maximum absolute atomic E-state index is 10.5. The molecule has 0 aliphatic carbocycles. The molecule has 0 aromatic heterocycles. The van der Waals surface area contributed by atoms with Gasteiger partial charge in [-0.3, -0.25) is 4.90 Å². The second-order valence-electron chi connectivity index (χ2n) is 8.56. The molecule has 1 fully saturated rings. The van der Waals surface area contributed by atoms with Crippen molar-refractivity contribution >= 4 is 56.8 Å². The van der Waals surface area contributed by atoms with Crippen molar-refractivity contribution < 1.29 is 5.11 Å². The summed E-state index contributed by atoms with van der Waals surface area (Å²) in [6.45, 7) is 0. The number of para-hydroxylation sites is 3. The first-order valence-electron chi connectivity index (χ1n) is 12.0. The van der Waals surface area contributed by atoms with E-state index >= 15 is 0 Å². The van der Waals surface area contributed by atoms with E-state index < -0.39 is 0 Å². The minimum Gasteiger partial charge on any atom is -0.507 e. The largest absolute Gasteiger partial charge is 0.507 e. The van der Waals surface area contributed by atoms with Crippen molar-refractivity contribution in [2.75, 3.05) is 23.9 Å². The quantitative estimate of drug-likeness (QED) is 0.223. The molecule has 1 N–H and O–H groups in total. The van der Waals surface area contributed by atoms with Gasteiger partial charge >= 0.3 is 0 Å². The van der Waals surface area contributed by atoms with Crippen LogP contribution in [0, 0.1) is 0 Å². The van der Waals surface area contributed by atoms with Gasteiger partial charge in [0.2, 0.25) is 5.17 Å². The SMILES string of the molecule is CN(C)c1ccc(/C=N/N=C2/SC(=Nc3ccccc3)C(=Nc3ccccc3)N2c2ccccc2)c(O)c1. The first-order valence-corrected chi connectivity index (χ1v) is 12.8. The third kappa shape index (κ3) is 5.82. The highest BCUT2D eigenvalue weighted by Crippen LogP contribution is 2.33. The second-order valence-corrected chi connectivity index (χ2v) is 9.52. The third-order valence-electron chi connectivity index (χ3n) is 5.65. The monoisotopic (exact) mass is 518 g/mol. The molecular weight excluding hydrogens is 492 g/mol. The van der Waals surface area contributed by atoms with E-state index in [0.717, 1.165) is 22.7 Å². The molecule has 1 aliphatic heterocycles. The van der Waals surface area contributed by atoms with Gasteiger partial charge in [0.15, 0.2) is 5.84 Å². The summed E-state index contributed by atoms with van der Waals surface area (Å²) in [5.41, 5.74) is 3.99. The summed E-state index contributed by atoms with van der Waals surface area (Å²) >= 11 is 1.39. The van der Waals surface area contributed by atoms with Gasteiger partial charge in [-0.2, -0.15) is 5.10 Å². The molecule has 0 unspecified atom stereocenters. The fourth-order valence-electron chi connectivity index (χ4n) is 3.71. The summed E-state index contributed by atoms with van der Waals surface area (Å²) in [5.74, 6) is 0.792. The maximum atomic E-state index is 10.5. The summed E-state index contributed by atoms with van der Waals surface area (Å²) in [6, 6.07) is 34.9. The molecule has 188 valence electrons. The minimum atomic E-state index is 0.136. The smallest absolute Gasteiger partial charge is 0.202 e. The molecular formula is C30H26N6OS. The van der Waals surface area contributed by atoms with E-state index in [0.29, 0.717) is 21.6 Å². The highest BCUT2D eigenvalue weighted by molar-refractivity contribution is 8.29. The molecule has 7 nitrogen and oxygen atoms in total. The molecule has 4 aromatic carbocycles. The molecule has 0 spiro atoms. The van der Waals surface area contributed by atoms with Crippen LogP contribution in [0.4, 0.5) is 22.7 Å². The van der Waals surface area contributed by atoms with Crippen molar-refractivity contribution in [2.24, 2.45) is 20.2 Å². The lowest BCUT2D eigenvalue weighted by atomic mass is 10.2. The molecule has 1 heterocycles. The first-order chi connectivity index (χ1) is 18.6. The maximum Gasteiger partial charge on any atom is 0.202 e. The summed E-state index contributed by atoms with van der Waals surface area (Å²) in [5, 5.41) is 20.6. The van der Waals surface area contributed by atoms with Crippen molar-refractivity contribution in [1.82, 2.24) is 0 Å². The van der Waals surface area contributed by atoms with Gasteiger partial charge in [0, 0.05) is 37.1 Å². The van der Waals surface area contributed by atoms with Crippen LogP contribution in [-0.2, 0) is 0 Å². The van der Waals surface area contributed by atoms with E-state index in [1.165, 1.54) is 11.8 Å². The normalized spacial score (nSPS) is 16.7. The topological polar surface area (TPSA) is 76.2 Å². The van der Waals surface area contributed by atoms with Gasteiger partial charge in [-0.25, -0.2) is 9.98 Å². The van der Waals surface area contributed by atoms with Crippen LogP contribution in [-0.4, -0.2) is 41.5 Å². The number of nitrogens with zero attached hydrogens (tertiary/aromatic N) is 6. The Labute approximate surface area is 226 Å². The van der Waals surface area contributed by atoms with Gasteiger partial charge in [0.05, 0.1) is 17.6 Å². The van der Waals surface area contributed by atoms with Gasteiger partial charge < -0.3 is 10.0 Å². The van der Waals surface area contributed by atoms with E-state index in [2.05, 4.69) is 10.2 Å². The molecule has 38 heavy (non-hydrogen) atoms. The van der Waals surface area contributed by atoms with Crippen molar-refractivity contribution in [3.63, 3.8) is 0 Å². The Morgan fingerprint density at radius 1 is 0.763 bits per heavy atom. The van der Waals surface area contributed by atoms with E-state index in [-0.39, 0.29) is 5.75 Å². The lowest BCUT2D eigenvalue weighted by Gasteiger charge is -2.17. The van der Waals surface area contributed by atoms with Gasteiger partial charge in [0.25, 0.3) is 0 Å². The molecule has 0 saturated carbocycles. The van der Waals surface area contributed by atoms with E-state index in [9.17, 15) is 5.11 Å². The first kappa shape index (κ1) is 25.0. The van der Waals surface area contributed by atoms with Crippen molar-refractivity contribution in [1.29, 1.82) is 0 Å². The summed E-state index contributed by atoms with van der Waals surface area (Å²) < 4.78 is 0. The zero-order valence-electron chi connectivity index (χ0n) is 21.0. The minimum absolute atomic E-state index is 0.136. The number of rotatable bonds is 6. The zero-order valence-corrected chi connectivity index (χ0v) is 21.8. The molecule has 5 rings (SSSR count). The number of benzene rings is 4. The number of amidine groups is 2. The molecule has 0 atom stereocenters. The molecule has 4 aromatic rings. The fraction of sp³-hybridized carbons (Fsp3) is 0.0667. The molecule has 0 radical (unpaired) electrons. The molecule has 0 bridgehead atoms. The Kier molecular flexibility index (Phi) is 7.61. The van der Waals surface area contributed by atoms with Crippen molar-refractivity contribution in [3.05, 3.63) is 115 Å². The summed E-state index contributed by atoms with van der Waals surface area (Å²) in [7, 11) is 3.85. The third-order valence-corrected chi connectivity index (χ3v) is 6.56. The van der Waals surface area contributed by atoms with Crippen molar-refractivity contribution in [3.8, 4) is 5.75 Å². The van der Waals surface area contributed by atoms with Crippen molar-refractivity contribution in [2.45, 2.75) is 0 Å². The number of hydrogen-bond acceptors (Lipinski definition) is 7. The fourth-order valence-corrected chi connectivity index (χ4v) is 4.64. The number of phenols is 1. The number of thioether (sulfide) groups is 1. The lowest BCUT2D eigenvalue weighted by Crippen LogP contribution is -2.30. The highest BCUT2D eigenvalue weighted by atomic mass is 32.2. The Morgan fingerprint density at radius 2 is 1.37 bits per heavy atom. The predicted molar refractivity (Wildman–Crippen MR) is 161 cm³/mol. The zero-order chi connectivity index (χ0) is 26.3. The van der Waals surface area contributed by atoms with Crippen LogP contribution in [0.1, 0.15) is 5.56 Å². The molecule has 1 aliphatic rings. The van der Waals surface area contributed by atoms with Crippen LogP contribution in [0.3, 0.4) is 0 Å². The van der Waals surface area contributed by atoms with Crippen LogP contribution >= 0.6 is 11.8 Å². The molecule has 1 saturated heterocycles. The van der Waals surface area contributed by atoms with Crippen LogP contribution < -0.4 is 9.80 Å². The Hall–Kier alpha value is -4.69. The van der Waals surface area contributed by atoms with Crippen LogP contribution in [0.15, 0.2) is 129 Å². The Morgan fingerprint density at radius 3 is 1.97 bits per heavy atom. The van der Waals surface area contributed by atoms with E-state index in [1.807, 2.05) is 127 Å². The second kappa shape index (κ2) is 11.6. The van der Waals surface area contributed by atoms with Crippen LogP contribution in [0.25, 0.3) is 0 Å². The number of phenolic OH excluding ortho intramolecular Hbond substituents is 1. The predicted octanol–water partition coefficient (Wildman–Crippen LogP) is 6.86. The lowest BCUT2D eigenvalue weighted by molar-refractivity contribution is 0.474. The number of hydrogen-bond donors (Lipinski definition) is 1. The van der Waals surface area contributed by atoms with E-state index in [1.54, 1.807) is 12.3 Å². The molecule has 8 heteroatoms. The Bertz CT molecular complexity index is 1520. The standard InChI is InChI=1S/C30H26N6OS/c1-35(2)26-19-18-22(27(37)20-26)21-31-34-30-36(25-16-10-5-11-17-25)28(32-23-12-6-3-7-13-23)29(38-30)33-24-14-8-4-9-15-24/h3-21,37H,1-2H3/b31-21+,32-28?,33-29?,34-30+. The van der Waals surface area contributed by atoms with Gasteiger partial charge in [0.1, 0.15) is 10.8 Å². The number of aliphatic imine (C=N–C) groups is 2. The molecule has 0 amide bonds. The average Bonchev–Trinajstić information content (AvgIpc) is 3.27. The van der Waals surface area contributed by atoms with Crippen LogP contribution in [0.5, 0.6) is 5.75 Å². The van der Waals surface area contributed by atoms with Gasteiger partial charge in [-0.15, -0.1) is 5.10 Å². The van der Waals surface area contributed by atoms with Gasteiger partial charge in [-0.05, 0) is 60.3 Å². The highest BCUT2D eigenvalue weighted by Gasteiger charge is 2.34. The summed E-state index contributed by atoms with van der Waals surface area (Å²) in [6.07, 6.45) is 1.55. The van der Waals surface area contributed by atoms with Gasteiger partial charge in [-0.1, -0.05) is 54.6 Å². The average molecular weight is 519 g/mol. The Balaban J connectivity index is 1.58. The van der Waals surface area contributed by atoms with E-state index in [4.69, 9.17) is 9.98 Å². The number of anilines is 2.